The van der Waals surface area contributed by atoms with Gasteiger partial charge in [-0.1, -0.05) is 41.1 Å². The first-order chi connectivity index (χ1) is 10.6. The molecule has 0 bridgehead atoms. The van der Waals surface area contributed by atoms with Crippen molar-refractivity contribution in [3.63, 3.8) is 0 Å². The number of anilines is 1. The maximum absolute atomic E-state index is 12.2. The predicted octanol–water partition coefficient (Wildman–Crippen LogP) is 4.73. The number of ether oxygens (including phenoxy) is 1. The van der Waals surface area contributed by atoms with Crippen molar-refractivity contribution in [1.29, 1.82) is 0 Å². The molecular formula is C18H20BrNO2. The van der Waals surface area contributed by atoms with E-state index in [-0.39, 0.29) is 5.91 Å². The van der Waals surface area contributed by atoms with Crippen molar-refractivity contribution in [2.45, 2.75) is 26.7 Å². The average molecular weight is 362 g/mol. The molecule has 1 amide bonds. The van der Waals surface area contributed by atoms with Gasteiger partial charge in [0.2, 0.25) is 5.91 Å². The lowest BCUT2D eigenvalue weighted by molar-refractivity contribution is -0.115. The Morgan fingerprint density at radius 1 is 1.18 bits per heavy atom. The first kappa shape index (κ1) is 16.6. The lowest BCUT2D eigenvalue weighted by Crippen LogP contribution is -2.15. The fraction of sp³-hybridized carbons (Fsp3) is 0.278. The summed E-state index contributed by atoms with van der Waals surface area (Å²) in [5, 5.41) is 2.93. The van der Waals surface area contributed by atoms with Crippen molar-refractivity contribution >= 4 is 27.5 Å². The number of carbonyl (C=O) groups excluding carboxylic acids is 1. The zero-order valence-corrected chi connectivity index (χ0v) is 14.4. The van der Waals surface area contributed by atoms with Crippen molar-refractivity contribution in [3.05, 3.63) is 58.1 Å². The van der Waals surface area contributed by atoms with Crippen molar-refractivity contribution in [1.82, 2.24) is 0 Å². The van der Waals surface area contributed by atoms with Crippen LogP contribution in [0.3, 0.4) is 0 Å². The van der Waals surface area contributed by atoms with Crippen molar-refractivity contribution < 1.29 is 9.53 Å². The number of nitrogens with one attached hydrogen (secondary N) is 1. The summed E-state index contributed by atoms with van der Waals surface area (Å²) in [6, 6.07) is 13.5. The van der Waals surface area contributed by atoms with Gasteiger partial charge in [0.15, 0.2) is 0 Å². The third kappa shape index (κ3) is 4.88. The van der Waals surface area contributed by atoms with E-state index in [1.54, 1.807) is 0 Å². The number of benzene rings is 2. The number of rotatable bonds is 6. The molecule has 0 saturated heterocycles. The molecule has 2 rings (SSSR count). The summed E-state index contributed by atoms with van der Waals surface area (Å²) in [6.07, 6.45) is 1.27. The van der Waals surface area contributed by atoms with Gasteiger partial charge < -0.3 is 10.1 Å². The molecule has 116 valence electrons. The molecule has 4 heteroatoms. The predicted molar refractivity (Wildman–Crippen MR) is 93.4 cm³/mol. The van der Waals surface area contributed by atoms with Crippen LogP contribution in [-0.2, 0) is 11.2 Å². The van der Waals surface area contributed by atoms with E-state index in [2.05, 4.69) is 28.2 Å². The molecule has 0 unspecified atom stereocenters. The molecule has 3 nitrogen and oxygen atoms in total. The Bertz CT molecular complexity index is 638. The third-order valence-corrected chi connectivity index (χ3v) is 3.68. The second kappa shape index (κ2) is 7.99. The second-order valence-corrected chi connectivity index (χ2v) is 6.12. The van der Waals surface area contributed by atoms with E-state index in [0.717, 1.165) is 33.5 Å². The summed E-state index contributed by atoms with van der Waals surface area (Å²) in [5.41, 5.74) is 2.81. The summed E-state index contributed by atoms with van der Waals surface area (Å²) < 4.78 is 6.72. The van der Waals surface area contributed by atoms with Crippen LogP contribution in [0.4, 0.5) is 5.69 Å². The number of hydrogen-bond acceptors (Lipinski definition) is 2. The van der Waals surface area contributed by atoms with Gasteiger partial charge >= 0.3 is 0 Å². The minimum Gasteiger partial charge on any atom is -0.491 e. The SMILES string of the molecule is CCCOc1cc(C)ccc1NC(=O)Cc1ccc(Br)cc1. The quantitative estimate of drug-likeness (QED) is 0.807. The van der Waals surface area contributed by atoms with Crippen molar-refractivity contribution in [3.8, 4) is 5.75 Å². The number of aryl methyl sites for hydroxylation is 1. The molecule has 2 aromatic carbocycles. The van der Waals surface area contributed by atoms with E-state index >= 15 is 0 Å². The van der Waals surface area contributed by atoms with Crippen LogP contribution in [0.15, 0.2) is 46.9 Å². The molecule has 0 spiro atoms. The first-order valence-corrected chi connectivity index (χ1v) is 8.15. The summed E-state index contributed by atoms with van der Waals surface area (Å²) in [6.45, 7) is 4.70. The molecule has 0 saturated carbocycles. The Morgan fingerprint density at radius 2 is 1.91 bits per heavy atom. The third-order valence-electron chi connectivity index (χ3n) is 3.15. The van der Waals surface area contributed by atoms with Crippen LogP contribution in [0.5, 0.6) is 5.75 Å². The van der Waals surface area contributed by atoms with Crippen LogP contribution in [0.25, 0.3) is 0 Å². The largest absolute Gasteiger partial charge is 0.491 e. The van der Waals surface area contributed by atoms with Crippen LogP contribution < -0.4 is 10.1 Å². The number of halogens is 1. The Labute approximate surface area is 139 Å². The van der Waals surface area contributed by atoms with Gasteiger partial charge in [0.25, 0.3) is 0 Å². The van der Waals surface area contributed by atoms with E-state index in [1.165, 1.54) is 0 Å². The number of hydrogen-bond donors (Lipinski definition) is 1. The van der Waals surface area contributed by atoms with Crippen LogP contribution in [0.2, 0.25) is 0 Å². The summed E-state index contributed by atoms with van der Waals surface area (Å²) in [4.78, 5) is 12.2. The average Bonchev–Trinajstić information content (AvgIpc) is 2.50. The van der Waals surface area contributed by atoms with Gasteiger partial charge in [-0.05, 0) is 48.7 Å². The zero-order chi connectivity index (χ0) is 15.9. The first-order valence-electron chi connectivity index (χ1n) is 7.36. The van der Waals surface area contributed by atoms with Crippen molar-refractivity contribution in [2.24, 2.45) is 0 Å². The summed E-state index contributed by atoms with van der Waals surface area (Å²) in [5.74, 6) is 0.679. The molecule has 1 N–H and O–H groups in total. The lowest BCUT2D eigenvalue weighted by atomic mass is 10.1. The summed E-state index contributed by atoms with van der Waals surface area (Å²) in [7, 11) is 0. The second-order valence-electron chi connectivity index (χ2n) is 5.20. The Balaban J connectivity index is 2.05. The molecule has 0 radical (unpaired) electrons. The maximum Gasteiger partial charge on any atom is 0.228 e. The van der Waals surface area contributed by atoms with Gasteiger partial charge in [0, 0.05) is 4.47 Å². The standard InChI is InChI=1S/C18H20BrNO2/c1-3-10-22-17-11-13(2)4-9-16(17)20-18(21)12-14-5-7-15(19)8-6-14/h4-9,11H,3,10,12H2,1-2H3,(H,20,21). The molecule has 0 atom stereocenters. The molecule has 2 aromatic rings. The van der Waals surface area contributed by atoms with E-state index in [9.17, 15) is 4.79 Å². The van der Waals surface area contributed by atoms with Crippen LogP contribution in [0.1, 0.15) is 24.5 Å². The molecular weight excluding hydrogens is 342 g/mol. The van der Waals surface area contributed by atoms with Crippen LogP contribution in [-0.4, -0.2) is 12.5 Å². The normalized spacial score (nSPS) is 10.3. The molecule has 0 heterocycles. The molecule has 0 aliphatic rings. The van der Waals surface area contributed by atoms with Crippen LogP contribution in [0, 0.1) is 6.92 Å². The van der Waals surface area contributed by atoms with Crippen LogP contribution >= 0.6 is 15.9 Å². The highest BCUT2D eigenvalue weighted by atomic mass is 79.9. The van der Waals surface area contributed by atoms with E-state index in [1.807, 2.05) is 49.4 Å². The number of carbonyl (C=O) groups is 1. The maximum atomic E-state index is 12.2. The minimum absolute atomic E-state index is 0.0486. The molecule has 0 aliphatic heterocycles. The van der Waals surface area contributed by atoms with Gasteiger partial charge in [0.1, 0.15) is 5.75 Å². The fourth-order valence-corrected chi connectivity index (χ4v) is 2.31. The highest BCUT2D eigenvalue weighted by Gasteiger charge is 2.09. The van der Waals surface area contributed by atoms with E-state index in [4.69, 9.17) is 4.74 Å². The van der Waals surface area contributed by atoms with E-state index < -0.39 is 0 Å². The summed E-state index contributed by atoms with van der Waals surface area (Å²) >= 11 is 3.39. The Morgan fingerprint density at radius 3 is 2.59 bits per heavy atom. The highest BCUT2D eigenvalue weighted by molar-refractivity contribution is 9.10. The molecule has 0 aliphatic carbocycles. The van der Waals surface area contributed by atoms with Gasteiger partial charge in [0.05, 0.1) is 18.7 Å². The van der Waals surface area contributed by atoms with Gasteiger partial charge in [-0.3, -0.25) is 4.79 Å². The van der Waals surface area contributed by atoms with Gasteiger partial charge in [-0.25, -0.2) is 0 Å². The minimum atomic E-state index is -0.0486. The van der Waals surface area contributed by atoms with Gasteiger partial charge in [-0.15, -0.1) is 0 Å². The highest BCUT2D eigenvalue weighted by Crippen LogP contribution is 2.26. The topological polar surface area (TPSA) is 38.3 Å². The van der Waals surface area contributed by atoms with Crippen molar-refractivity contribution in [2.75, 3.05) is 11.9 Å². The molecule has 0 aromatic heterocycles. The van der Waals surface area contributed by atoms with E-state index in [0.29, 0.717) is 13.0 Å². The number of amides is 1. The molecule has 22 heavy (non-hydrogen) atoms. The smallest absolute Gasteiger partial charge is 0.228 e. The molecule has 0 fully saturated rings. The van der Waals surface area contributed by atoms with Gasteiger partial charge in [-0.2, -0.15) is 0 Å². The fourth-order valence-electron chi connectivity index (χ4n) is 2.05. The zero-order valence-electron chi connectivity index (χ0n) is 12.9. The Kier molecular flexibility index (Phi) is 6.01. The Hall–Kier alpha value is -1.81. The monoisotopic (exact) mass is 361 g/mol. The lowest BCUT2D eigenvalue weighted by Gasteiger charge is -2.13.